The van der Waals surface area contributed by atoms with Crippen LogP contribution in [0.2, 0.25) is 0 Å². The third-order valence-corrected chi connectivity index (χ3v) is 5.31. The number of hydrogen-bond acceptors (Lipinski definition) is 10. The fourth-order valence-corrected chi connectivity index (χ4v) is 3.55. The van der Waals surface area contributed by atoms with Gasteiger partial charge in [-0.2, -0.15) is 9.78 Å². The number of carbonyl (C=O) groups is 1. The lowest BCUT2D eigenvalue weighted by atomic mass is 10.1. The van der Waals surface area contributed by atoms with Gasteiger partial charge in [0.15, 0.2) is 5.69 Å². The van der Waals surface area contributed by atoms with Crippen molar-refractivity contribution in [2.45, 2.75) is 32.7 Å². The van der Waals surface area contributed by atoms with Crippen molar-refractivity contribution in [2.24, 2.45) is 5.10 Å². The molecule has 32 heavy (non-hydrogen) atoms. The Morgan fingerprint density at radius 1 is 1.22 bits per heavy atom. The van der Waals surface area contributed by atoms with Gasteiger partial charge in [0.05, 0.1) is 12.8 Å². The number of nitrogen functional groups attached to an aromatic ring is 1. The van der Waals surface area contributed by atoms with Crippen LogP contribution < -0.4 is 15.9 Å². The summed E-state index contributed by atoms with van der Waals surface area (Å²) in [7, 11) is 1.60. The molecule has 12 heteroatoms. The van der Waals surface area contributed by atoms with E-state index in [9.17, 15) is 4.79 Å². The lowest BCUT2D eigenvalue weighted by Gasteiger charge is -2.25. The number of hydrogen-bond donors (Lipinski definition) is 2. The Labute approximate surface area is 184 Å². The monoisotopic (exact) mass is 439 g/mol. The number of ether oxygens (including phenoxy) is 1. The Bertz CT molecular complexity index is 1100. The number of rotatable bonds is 7. The van der Waals surface area contributed by atoms with E-state index >= 15 is 0 Å². The fraction of sp³-hybridized carbons (Fsp3) is 0.400. The molecule has 0 atom stereocenters. The SMILES string of the molecule is COc1ccc(/C(C)=N/NC(=O)c2c(CN3CCCCC3)nnn2-c2nonc2N)cc1. The maximum atomic E-state index is 13.2. The highest BCUT2D eigenvalue weighted by Crippen LogP contribution is 2.19. The van der Waals surface area contributed by atoms with Crippen LogP contribution in [0.5, 0.6) is 5.75 Å². The third kappa shape index (κ3) is 4.59. The van der Waals surface area contributed by atoms with Gasteiger partial charge >= 0.3 is 0 Å². The lowest BCUT2D eigenvalue weighted by Crippen LogP contribution is -2.31. The summed E-state index contributed by atoms with van der Waals surface area (Å²) in [6.45, 7) is 4.16. The van der Waals surface area contributed by atoms with E-state index in [0.29, 0.717) is 18.0 Å². The molecular formula is C20H25N9O3. The van der Waals surface area contributed by atoms with Crippen molar-refractivity contribution in [2.75, 3.05) is 25.9 Å². The van der Waals surface area contributed by atoms with E-state index in [1.807, 2.05) is 24.3 Å². The number of amides is 1. The number of anilines is 1. The van der Waals surface area contributed by atoms with E-state index in [2.05, 4.69) is 40.7 Å². The molecule has 0 saturated carbocycles. The zero-order valence-electron chi connectivity index (χ0n) is 18.0. The van der Waals surface area contributed by atoms with E-state index in [4.69, 9.17) is 10.5 Å². The first-order chi connectivity index (χ1) is 15.6. The number of carbonyl (C=O) groups excluding carboxylic acids is 1. The molecule has 3 N–H and O–H groups in total. The molecular weight excluding hydrogens is 414 g/mol. The third-order valence-electron chi connectivity index (χ3n) is 5.31. The largest absolute Gasteiger partial charge is 0.497 e. The molecule has 3 aromatic rings. The molecule has 0 bridgehead atoms. The predicted molar refractivity (Wildman–Crippen MR) is 115 cm³/mol. The number of nitrogens with zero attached hydrogens (tertiary/aromatic N) is 7. The minimum Gasteiger partial charge on any atom is -0.497 e. The van der Waals surface area contributed by atoms with Crippen LogP contribution in [-0.2, 0) is 6.54 Å². The summed E-state index contributed by atoms with van der Waals surface area (Å²) in [5.41, 5.74) is 10.6. The highest BCUT2D eigenvalue weighted by molar-refractivity contribution is 6.00. The molecule has 3 heterocycles. The standard InChI is InChI=1S/C20H25N9O3/c1-13(14-6-8-15(31-2)9-7-14)22-24-20(30)17-16(12-28-10-4-3-5-11-28)23-27-29(17)19-18(21)25-32-26-19/h6-9H,3-5,10-12H2,1-2H3,(H2,21,25)(H,24,30)/b22-13+. The number of piperidine rings is 1. The Kier molecular flexibility index (Phi) is 6.40. The summed E-state index contributed by atoms with van der Waals surface area (Å²) >= 11 is 0. The van der Waals surface area contributed by atoms with Crippen molar-refractivity contribution >= 4 is 17.4 Å². The van der Waals surface area contributed by atoms with E-state index in [1.54, 1.807) is 14.0 Å². The smallest absolute Gasteiger partial charge is 0.292 e. The first-order valence-corrected chi connectivity index (χ1v) is 10.3. The van der Waals surface area contributed by atoms with E-state index < -0.39 is 5.91 Å². The van der Waals surface area contributed by atoms with Crippen LogP contribution in [-0.4, -0.2) is 62.0 Å². The summed E-state index contributed by atoms with van der Waals surface area (Å²) in [5.74, 6) is 0.355. The van der Waals surface area contributed by atoms with Gasteiger partial charge in [-0.1, -0.05) is 11.6 Å². The average Bonchev–Trinajstić information content (AvgIpc) is 3.43. The number of likely N-dealkylation sites (tertiary alicyclic amines) is 1. The second-order valence-corrected chi connectivity index (χ2v) is 7.47. The molecule has 2 aromatic heterocycles. The zero-order chi connectivity index (χ0) is 22.5. The highest BCUT2D eigenvalue weighted by Gasteiger charge is 2.26. The van der Waals surface area contributed by atoms with E-state index in [0.717, 1.165) is 37.2 Å². The van der Waals surface area contributed by atoms with Gasteiger partial charge in [0.2, 0.25) is 11.6 Å². The van der Waals surface area contributed by atoms with Crippen LogP contribution in [0.25, 0.3) is 5.82 Å². The second-order valence-electron chi connectivity index (χ2n) is 7.47. The van der Waals surface area contributed by atoms with Gasteiger partial charge in [0.25, 0.3) is 5.91 Å². The van der Waals surface area contributed by atoms with Gasteiger partial charge in [-0.25, -0.2) is 10.1 Å². The van der Waals surface area contributed by atoms with Crippen molar-refractivity contribution in [1.82, 2.24) is 35.6 Å². The zero-order valence-corrected chi connectivity index (χ0v) is 18.0. The summed E-state index contributed by atoms with van der Waals surface area (Å²) in [6.07, 6.45) is 3.43. The van der Waals surface area contributed by atoms with Crippen molar-refractivity contribution in [1.29, 1.82) is 0 Å². The van der Waals surface area contributed by atoms with Gasteiger partial charge < -0.3 is 10.5 Å². The Balaban J connectivity index is 1.59. The molecule has 0 unspecified atom stereocenters. The van der Waals surface area contributed by atoms with E-state index in [-0.39, 0.29) is 17.3 Å². The van der Waals surface area contributed by atoms with Gasteiger partial charge in [0.1, 0.15) is 11.4 Å². The number of methoxy groups -OCH3 is 1. The summed E-state index contributed by atoms with van der Waals surface area (Å²) in [4.78, 5) is 15.4. The van der Waals surface area contributed by atoms with Gasteiger partial charge in [-0.05, 0) is 73.0 Å². The molecule has 1 saturated heterocycles. The molecule has 0 radical (unpaired) electrons. The number of nitrogens with two attached hydrogens (primary N) is 1. The molecule has 1 amide bonds. The summed E-state index contributed by atoms with van der Waals surface area (Å²) in [5, 5.41) is 19.9. The number of aromatic nitrogens is 5. The van der Waals surface area contributed by atoms with Crippen molar-refractivity contribution in [3.05, 3.63) is 41.2 Å². The first-order valence-electron chi connectivity index (χ1n) is 10.3. The first kappa shape index (κ1) is 21.4. The number of hydrazone groups is 1. The van der Waals surface area contributed by atoms with Crippen LogP contribution in [0.1, 0.15) is 47.9 Å². The minimum atomic E-state index is -0.489. The number of benzene rings is 1. The minimum absolute atomic E-state index is 0.00591. The van der Waals surface area contributed by atoms with Crippen molar-refractivity contribution in [3.8, 4) is 11.6 Å². The molecule has 4 rings (SSSR count). The van der Waals surface area contributed by atoms with Gasteiger partial charge in [-0.3, -0.25) is 9.69 Å². The molecule has 168 valence electrons. The quantitative estimate of drug-likeness (QED) is 0.411. The van der Waals surface area contributed by atoms with E-state index in [1.165, 1.54) is 11.1 Å². The van der Waals surface area contributed by atoms with Crippen LogP contribution >= 0.6 is 0 Å². The lowest BCUT2D eigenvalue weighted by molar-refractivity contribution is 0.0944. The molecule has 1 fully saturated rings. The van der Waals surface area contributed by atoms with Crippen LogP contribution in [0.3, 0.4) is 0 Å². The molecule has 12 nitrogen and oxygen atoms in total. The van der Waals surface area contributed by atoms with Crippen LogP contribution in [0.15, 0.2) is 34.0 Å². The molecule has 1 aliphatic heterocycles. The average molecular weight is 439 g/mol. The van der Waals surface area contributed by atoms with Crippen LogP contribution in [0.4, 0.5) is 5.82 Å². The van der Waals surface area contributed by atoms with Gasteiger partial charge in [-0.15, -0.1) is 5.10 Å². The normalized spacial score (nSPS) is 15.0. The fourth-order valence-electron chi connectivity index (χ4n) is 3.55. The molecule has 1 aromatic carbocycles. The highest BCUT2D eigenvalue weighted by atomic mass is 16.6. The molecule has 0 spiro atoms. The summed E-state index contributed by atoms with van der Waals surface area (Å²) < 4.78 is 11.1. The molecule has 0 aliphatic carbocycles. The Morgan fingerprint density at radius 3 is 2.62 bits per heavy atom. The number of nitrogens with one attached hydrogen (secondary N) is 1. The maximum absolute atomic E-state index is 13.2. The van der Waals surface area contributed by atoms with Crippen molar-refractivity contribution < 1.29 is 14.2 Å². The van der Waals surface area contributed by atoms with Crippen LogP contribution in [0, 0.1) is 0 Å². The second kappa shape index (κ2) is 9.56. The summed E-state index contributed by atoms with van der Waals surface area (Å²) in [6, 6.07) is 7.37. The molecule has 1 aliphatic rings. The predicted octanol–water partition coefficient (Wildman–Crippen LogP) is 1.38. The van der Waals surface area contributed by atoms with Crippen molar-refractivity contribution in [3.63, 3.8) is 0 Å². The Morgan fingerprint density at radius 2 is 1.97 bits per heavy atom. The topological polar surface area (TPSA) is 150 Å². The van der Waals surface area contributed by atoms with Gasteiger partial charge in [0, 0.05) is 6.54 Å². The Hall–Kier alpha value is -3.80. The maximum Gasteiger partial charge on any atom is 0.292 e.